The average molecular weight is 278 g/mol. The van der Waals surface area contributed by atoms with Gasteiger partial charge in [-0.05, 0) is 12.0 Å². The first-order valence-corrected chi connectivity index (χ1v) is 6.32. The Morgan fingerprint density at radius 3 is 2.20 bits per heavy atom. The summed E-state index contributed by atoms with van der Waals surface area (Å²) in [5.41, 5.74) is 0. The molecule has 1 nitrogen and oxygen atoms in total. The lowest BCUT2D eigenvalue weighted by atomic mass is 10.2. The molecule has 0 unspecified atom stereocenters. The molecule has 0 aliphatic heterocycles. The fourth-order valence-corrected chi connectivity index (χ4v) is 2.30. The first-order chi connectivity index (χ1) is 6.93. The van der Waals surface area contributed by atoms with Gasteiger partial charge in [-0.1, -0.05) is 13.8 Å². The van der Waals surface area contributed by atoms with E-state index < -0.39 is 0 Å². The quantitative estimate of drug-likeness (QED) is 0.614. The van der Waals surface area contributed by atoms with Gasteiger partial charge in [0.25, 0.3) is 0 Å². The van der Waals surface area contributed by atoms with Crippen LogP contribution in [0, 0.1) is 5.92 Å². The fraction of sp³-hybridized carbons (Fsp3) is 0.400. The molecule has 1 aromatic rings. The van der Waals surface area contributed by atoms with Crippen molar-refractivity contribution in [3.05, 3.63) is 6.07 Å². The van der Waals surface area contributed by atoms with E-state index in [-0.39, 0.29) is 0 Å². The van der Waals surface area contributed by atoms with Crippen LogP contribution >= 0.6 is 50.5 Å². The number of hydrogen-bond donors (Lipinski definition) is 4. The first kappa shape index (κ1) is 13.5. The molecular formula is C10H14OS4. The van der Waals surface area contributed by atoms with Gasteiger partial charge in [0.15, 0.2) is 0 Å². The van der Waals surface area contributed by atoms with E-state index in [4.69, 9.17) is 4.74 Å². The lowest BCUT2D eigenvalue weighted by molar-refractivity contribution is 0.258. The molecule has 1 aromatic carbocycles. The van der Waals surface area contributed by atoms with Crippen LogP contribution in [-0.4, -0.2) is 6.61 Å². The number of ether oxygens (including phenoxy) is 1. The van der Waals surface area contributed by atoms with Gasteiger partial charge in [0.2, 0.25) is 0 Å². The van der Waals surface area contributed by atoms with E-state index in [2.05, 4.69) is 64.4 Å². The smallest absolute Gasteiger partial charge is 0.147 e. The minimum atomic E-state index is 0.463. The second kappa shape index (κ2) is 5.66. The number of rotatable bonds is 3. The summed E-state index contributed by atoms with van der Waals surface area (Å²) < 4.78 is 5.63. The van der Waals surface area contributed by atoms with Crippen LogP contribution in [0.15, 0.2) is 25.6 Å². The van der Waals surface area contributed by atoms with Gasteiger partial charge in [-0.3, -0.25) is 0 Å². The zero-order valence-corrected chi connectivity index (χ0v) is 12.1. The van der Waals surface area contributed by atoms with Gasteiger partial charge in [-0.2, -0.15) is 0 Å². The zero-order chi connectivity index (χ0) is 11.6. The molecule has 0 N–H and O–H groups in total. The molecular weight excluding hydrogens is 264 g/mol. The van der Waals surface area contributed by atoms with Gasteiger partial charge in [0.1, 0.15) is 5.75 Å². The molecule has 15 heavy (non-hydrogen) atoms. The van der Waals surface area contributed by atoms with Crippen molar-refractivity contribution in [2.75, 3.05) is 6.61 Å². The van der Waals surface area contributed by atoms with E-state index in [1.807, 2.05) is 6.07 Å². The molecule has 0 saturated carbocycles. The summed E-state index contributed by atoms with van der Waals surface area (Å²) in [6.45, 7) is 4.82. The van der Waals surface area contributed by atoms with Crippen LogP contribution in [0.4, 0.5) is 0 Å². The van der Waals surface area contributed by atoms with Gasteiger partial charge in [-0.25, -0.2) is 0 Å². The van der Waals surface area contributed by atoms with Crippen LogP contribution in [0.5, 0.6) is 5.75 Å². The zero-order valence-electron chi connectivity index (χ0n) is 8.56. The molecule has 1 rings (SSSR count). The average Bonchev–Trinajstić information content (AvgIpc) is 2.14. The summed E-state index contributed by atoms with van der Waals surface area (Å²) in [4.78, 5) is 2.91. The number of hydrogen-bond acceptors (Lipinski definition) is 5. The van der Waals surface area contributed by atoms with Crippen LogP contribution in [0.2, 0.25) is 0 Å². The van der Waals surface area contributed by atoms with Crippen LogP contribution in [0.1, 0.15) is 13.8 Å². The highest BCUT2D eigenvalue weighted by Crippen LogP contribution is 2.38. The van der Waals surface area contributed by atoms with Crippen LogP contribution in [0.3, 0.4) is 0 Å². The standard InChI is InChI=1S/C10H14OS4/c1-5(2)4-11-8-6(12)3-7(13)9(14)10(8)15/h3,5,12-15H,4H2,1-2H3. The second-order valence-corrected chi connectivity index (χ2v) is 5.50. The molecule has 0 aliphatic rings. The Labute approximate surface area is 113 Å². The van der Waals surface area contributed by atoms with Crippen LogP contribution < -0.4 is 4.74 Å². The third-order valence-corrected chi connectivity index (χ3v) is 3.68. The van der Waals surface area contributed by atoms with Crippen molar-refractivity contribution in [2.45, 2.75) is 33.4 Å². The molecule has 0 heterocycles. The maximum Gasteiger partial charge on any atom is 0.147 e. The molecule has 0 amide bonds. The van der Waals surface area contributed by atoms with Crippen molar-refractivity contribution in [3.63, 3.8) is 0 Å². The molecule has 5 heteroatoms. The van der Waals surface area contributed by atoms with E-state index in [9.17, 15) is 0 Å². The van der Waals surface area contributed by atoms with Crippen molar-refractivity contribution in [1.29, 1.82) is 0 Å². The Kier molecular flexibility index (Phi) is 5.09. The predicted molar refractivity (Wildman–Crippen MR) is 75.8 cm³/mol. The van der Waals surface area contributed by atoms with Crippen molar-refractivity contribution in [1.82, 2.24) is 0 Å². The van der Waals surface area contributed by atoms with E-state index in [0.717, 1.165) is 14.7 Å². The molecule has 0 bridgehead atoms. The Bertz CT molecular complexity index is 363. The van der Waals surface area contributed by atoms with Gasteiger partial charge in [0, 0.05) is 14.7 Å². The van der Waals surface area contributed by atoms with Crippen molar-refractivity contribution >= 4 is 50.5 Å². The number of benzene rings is 1. The molecule has 0 aliphatic carbocycles. The molecule has 0 fully saturated rings. The lowest BCUT2D eigenvalue weighted by Crippen LogP contribution is -2.05. The molecule has 0 aromatic heterocycles. The molecule has 0 atom stereocenters. The highest BCUT2D eigenvalue weighted by Gasteiger charge is 2.12. The van der Waals surface area contributed by atoms with E-state index >= 15 is 0 Å². The monoisotopic (exact) mass is 278 g/mol. The highest BCUT2D eigenvalue weighted by atomic mass is 32.1. The summed E-state index contributed by atoms with van der Waals surface area (Å²) in [6.07, 6.45) is 0. The summed E-state index contributed by atoms with van der Waals surface area (Å²) >= 11 is 17.3. The molecule has 0 radical (unpaired) electrons. The maximum absolute atomic E-state index is 5.63. The van der Waals surface area contributed by atoms with Crippen molar-refractivity contribution in [2.24, 2.45) is 5.92 Å². The van der Waals surface area contributed by atoms with E-state index in [0.29, 0.717) is 23.2 Å². The van der Waals surface area contributed by atoms with Gasteiger partial charge in [-0.15, -0.1) is 50.5 Å². The molecule has 0 spiro atoms. The van der Waals surface area contributed by atoms with Gasteiger partial charge >= 0.3 is 0 Å². The fourth-order valence-electron chi connectivity index (χ4n) is 1.01. The Hall–Kier alpha value is 0.420. The van der Waals surface area contributed by atoms with E-state index in [1.54, 1.807) is 0 Å². The largest absolute Gasteiger partial charge is 0.491 e. The molecule has 0 saturated heterocycles. The Balaban J connectivity index is 3.02. The van der Waals surface area contributed by atoms with Crippen LogP contribution in [-0.2, 0) is 0 Å². The first-order valence-electron chi connectivity index (χ1n) is 4.53. The normalized spacial score (nSPS) is 10.9. The topological polar surface area (TPSA) is 9.23 Å². The third kappa shape index (κ3) is 3.44. The second-order valence-electron chi connectivity index (χ2n) is 3.65. The Morgan fingerprint density at radius 1 is 1.07 bits per heavy atom. The minimum Gasteiger partial charge on any atom is -0.491 e. The Morgan fingerprint density at radius 2 is 1.67 bits per heavy atom. The van der Waals surface area contributed by atoms with Crippen LogP contribution in [0.25, 0.3) is 0 Å². The predicted octanol–water partition coefficient (Wildman–Crippen LogP) is 3.88. The summed E-state index contributed by atoms with van der Waals surface area (Å²) in [6, 6.07) is 1.81. The summed E-state index contributed by atoms with van der Waals surface area (Å²) in [5.74, 6) is 1.14. The highest BCUT2D eigenvalue weighted by molar-refractivity contribution is 7.85. The van der Waals surface area contributed by atoms with Gasteiger partial charge in [0.05, 0.1) is 11.5 Å². The van der Waals surface area contributed by atoms with Crippen molar-refractivity contribution < 1.29 is 4.74 Å². The van der Waals surface area contributed by atoms with Gasteiger partial charge < -0.3 is 4.74 Å². The van der Waals surface area contributed by atoms with Crippen molar-refractivity contribution in [3.8, 4) is 5.75 Å². The number of thiol groups is 4. The SMILES string of the molecule is CC(C)COc1c(S)cc(S)c(S)c1S. The minimum absolute atomic E-state index is 0.463. The maximum atomic E-state index is 5.63. The summed E-state index contributed by atoms with van der Waals surface area (Å²) in [7, 11) is 0. The third-order valence-electron chi connectivity index (χ3n) is 1.75. The molecule has 84 valence electrons. The van der Waals surface area contributed by atoms with E-state index in [1.165, 1.54) is 0 Å². The lowest BCUT2D eigenvalue weighted by Gasteiger charge is -2.15. The summed E-state index contributed by atoms with van der Waals surface area (Å²) in [5, 5.41) is 0.